The quantitative estimate of drug-likeness (QED) is 0.498. The van der Waals surface area contributed by atoms with Crippen LogP contribution in [0.2, 0.25) is 0 Å². The minimum atomic E-state index is -3.29. The summed E-state index contributed by atoms with van der Waals surface area (Å²) in [5.41, 5.74) is 0.937. The molecule has 1 unspecified atom stereocenters. The number of nitrogens with one attached hydrogen (secondary N) is 1. The molecule has 2 aliphatic heterocycles. The summed E-state index contributed by atoms with van der Waals surface area (Å²) in [6.45, 7) is 4.31. The van der Waals surface area contributed by atoms with E-state index in [-0.39, 0.29) is 24.8 Å². The fourth-order valence-electron chi connectivity index (χ4n) is 4.52. The molecule has 1 aromatic heterocycles. The van der Waals surface area contributed by atoms with Gasteiger partial charge in [0.05, 0.1) is 43.1 Å². The first-order valence-electron chi connectivity index (χ1n) is 11.4. The van der Waals surface area contributed by atoms with E-state index in [4.69, 9.17) is 9.47 Å². The fourth-order valence-corrected chi connectivity index (χ4v) is 5.40. The Labute approximate surface area is 206 Å². The standard InChI is InChI=1S/C24H25F3N4O4S/c1-12(15-5-4-6-16(20(15)25)23(26)27)28-24-18-9-19(35-14-10-31(11-14)36(3,32)33)22-17(7-8-34-22)21(18)29-13(2)30-24/h4-6,9,12,14,23H,7-8,10-11H2,1-3H3,(H,28,29,30). The third-order valence-corrected chi connectivity index (χ3v) is 7.64. The number of nitrogens with zero attached hydrogens (tertiary/aromatic N) is 3. The van der Waals surface area contributed by atoms with E-state index >= 15 is 0 Å². The van der Waals surface area contributed by atoms with Gasteiger partial charge in [0, 0.05) is 22.9 Å². The van der Waals surface area contributed by atoms with Crippen molar-refractivity contribution in [3.63, 3.8) is 0 Å². The molecule has 1 saturated heterocycles. The molecule has 0 amide bonds. The predicted octanol–water partition coefficient (Wildman–Crippen LogP) is 4.15. The van der Waals surface area contributed by atoms with E-state index in [0.29, 0.717) is 47.1 Å². The largest absolute Gasteiger partial charge is 0.489 e. The number of anilines is 1. The highest BCUT2D eigenvalue weighted by molar-refractivity contribution is 7.88. The Morgan fingerprint density at radius 1 is 1.22 bits per heavy atom. The van der Waals surface area contributed by atoms with E-state index in [1.807, 2.05) is 0 Å². The van der Waals surface area contributed by atoms with Crippen LogP contribution in [-0.4, -0.2) is 54.7 Å². The molecule has 8 nitrogen and oxygen atoms in total. The lowest BCUT2D eigenvalue weighted by Crippen LogP contribution is -2.55. The van der Waals surface area contributed by atoms with Crippen molar-refractivity contribution in [2.24, 2.45) is 0 Å². The maximum atomic E-state index is 14.8. The average molecular weight is 523 g/mol. The lowest BCUT2D eigenvalue weighted by molar-refractivity contribution is 0.0741. The van der Waals surface area contributed by atoms with Crippen molar-refractivity contribution < 1.29 is 31.1 Å². The third kappa shape index (κ3) is 4.43. The first-order chi connectivity index (χ1) is 17.0. The minimum Gasteiger partial charge on any atom is -0.489 e. The second kappa shape index (κ2) is 9.07. The lowest BCUT2D eigenvalue weighted by atomic mass is 10.0. The summed E-state index contributed by atoms with van der Waals surface area (Å²) in [6.07, 6.45) is -1.51. The van der Waals surface area contributed by atoms with Crippen molar-refractivity contribution in [1.29, 1.82) is 0 Å². The van der Waals surface area contributed by atoms with E-state index < -0.39 is 33.9 Å². The van der Waals surface area contributed by atoms with Crippen LogP contribution < -0.4 is 14.8 Å². The number of benzene rings is 2. The number of alkyl halides is 2. The van der Waals surface area contributed by atoms with Crippen molar-refractivity contribution in [3.05, 3.63) is 52.6 Å². The second-order valence-electron chi connectivity index (χ2n) is 9.03. The van der Waals surface area contributed by atoms with E-state index in [2.05, 4.69) is 15.3 Å². The van der Waals surface area contributed by atoms with E-state index in [9.17, 15) is 21.6 Å². The van der Waals surface area contributed by atoms with Crippen LogP contribution in [0.5, 0.6) is 11.5 Å². The molecule has 1 N–H and O–H groups in total. The Morgan fingerprint density at radius 2 is 1.94 bits per heavy atom. The number of sulfonamides is 1. The first-order valence-corrected chi connectivity index (χ1v) is 13.3. The highest BCUT2D eigenvalue weighted by Gasteiger charge is 2.36. The maximum Gasteiger partial charge on any atom is 0.266 e. The summed E-state index contributed by atoms with van der Waals surface area (Å²) in [7, 11) is -3.29. The first kappa shape index (κ1) is 24.6. The number of fused-ring (bicyclic) bond motifs is 3. The zero-order chi connectivity index (χ0) is 25.8. The Kier molecular flexibility index (Phi) is 6.19. The predicted molar refractivity (Wildman–Crippen MR) is 128 cm³/mol. The fraction of sp³-hybridized carbons (Fsp3) is 0.417. The zero-order valence-electron chi connectivity index (χ0n) is 19.9. The van der Waals surface area contributed by atoms with Crippen molar-refractivity contribution in [2.75, 3.05) is 31.3 Å². The summed E-state index contributed by atoms with van der Waals surface area (Å²) in [6, 6.07) is 4.97. The monoisotopic (exact) mass is 522 g/mol. The van der Waals surface area contributed by atoms with Crippen LogP contribution in [0.25, 0.3) is 10.9 Å². The molecule has 36 heavy (non-hydrogen) atoms. The van der Waals surface area contributed by atoms with Crippen LogP contribution in [0.15, 0.2) is 24.3 Å². The number of hydrogen-bond acceptors (Lipinski definition) is 7. The number of rotatable bonds is 7. The van der Waals surface area contributed by atoms with Gasteiger partial charge in [0.2, 0.25) is 10.0 Å². The van der Waals surface area contributed by atoms with Gasteiger partial charge in [0.15, 0.2) is 11.5 Å². The Bertz CT molecular complexity index is 1450. The molecule has 192 valence electrons. The van der Waals surface area contributed by atoms with Crippen LogP contribution in [0.3, 0.4) is 0 Å². The number of halogens is 3. The van der Waals surface area contributed by atoms with Crippen LogP contribution in [0.4, 0.5) is 19.0 Å². The summed E-state index contributed by atoms with van der Waals surface area (Å²) >= 11 is 0. The van der Waals surface area contributed by atoms with Crippen LogP contribution in [0, 0.1) is 12.7 Å². The number of aryl methyl sites for hydroxylation is 1. The van der Waals surface area contributed by atoms with Crippen LogP contribution in [-0.2, 0) is 16.4 Å². The van der Waals surface area contributed by atoms with E-state index in [1.165, 1.54) is 16.4 Å². The minimum absolute atomic E-state index is 0.0912. The van der Waals surface area contributed by atoms with E-state index in [0.717, 1.165) is 17.9 Å². The van der Waals surface area contributed by atoms with Crippen molar-refractivity contribution >= 4 is 26.7 Å². The third-order valence-electron chi connectivity index (χ3n) is 6.41. The molecule has 0 aliphatic carbocycles. The zero-order valence-corrected chi connectivity index (χ0v) is 20.7. The summed E-state index contributed by atoms with van der Waals surface area (Å²) < 4.78 is 77.9. The van der Waals surface area contributed by atoms with Gasteiger partial charge in [-0.3, -0.25) is 0 Å². The molecule has 0 bridgehead atoms. The summed E-state index contributed by atoms with van der Waals surface area (Å²) in [4.78, 5) is 9.10. The molecule has 1 atom stereocenters. The number of aromatic nitrogens is 2. The average Bonchev–Trinajstić information content (AvgIpc) is 3.26. The normalized spacial score (nSPS) is 17.1. The Hall–Kier alpha value is -3.12. The molecule has 2 aromatic carbocycles. The molecule has 0 spiro atoms. The van der Waals surface area contributed by atoms with Gasteiger partial charge in [-0.2, -0.15) is 4.31 Å². The van der Waals surface area contributed by atoms with Crippen molar-refractivity contribution in [2.45, 2.75) is 38.8 Å². The molecule has 0 radical (unpaired) electrons. The summed E-state index contributed by atoms with van der Waals surface area (Å²) in [5.74, 6) is 0.930. The molecule has 5 rings (SSSR count). The molecule has 3 heterocycles. The van der Waals surface area contributed by atoms with E-state index in [1.54, 1.807) is 19.9 Å². The molecule has 12 heteroatoms. The maximum absolute atomic E-state index is 14.8. The van der Waals surface area contributed by atoms with Gasteiger partial charge in [0.1, 0.15) is 23.6 Å². The van der Waals surface area contributed by atoms with Gasteiger partial charge in [-0.05, 0) is 19.9 Å². The highest BCUT2D eigenvalue weighted by atomic mass is 32.2. The summed E-state index contributed by atoms with van der Waals surface area (Å²) in [5, 5.41) is 3.76. The molecule has 3 aromatic rings. The van der Waals surface area contributed by atoms with Gasteiger partial charge < -0.3 is 14.8 Å². The molecule has 2 aliphatic rings. The van der Waals surface area contributed by atoms with Crippen LogP contribution in [0.1, 0.15) is 41.9 Å². The molecular formula is C24H25F3N4O4S. The highest BCUT2D eigenvalue weighted by Crippen LogP contribution is 2.43. The second-order valence-corrected chi connectivity index (χ2v) is 11.0. The van der Waals surface area contributed by atoms with Gasteiger partial charge in [-0.1, -0.05) is 18.2 Å². The molecular weight excluding hydrogens is 497 g/mol. The SMILES string of the molecule is Cc1nc(NC(C)c2cccc(C(F)F)c2F)c2cc(OC3CN(S(C)(=O)=O)C3)c3c(c2n1)CCO3. The van der Waals surface area contributed by atoms with Gasteiger partial charge >= 0.3 is 0 Å². The number of ether oxygens (including phenoxy) is 2. The van der Waals surface area contributed by atoms with Crippen molar-refractivity contribution in [3.8, 4) is 11.5 Å². The lowest BCUT2D eigenvalue weighted by Gasteiger charge is -2.37. The smallest absolute Gasteiger partial charge is 0.266 e. The van der Waals surface area contributed by atoms with Gasteiger partial charge in [0.25, 0.3) is 6.43 Å². The Morgan fingerprint density at radius 3 is 2.64 bits per heavy atom. The van der Waals surface area contributed by atoms with Crippen molar-refractivity contribution in [1.82, 2.24) is 14.3 Å². The topological polar surface area (TPSA) is 93.7 Å². The van der Waals surface area contributed by atoms with Gasteiger partial charge in [-0.15, -0.1) is 0 Å². The Balaban J connectivity index is 1.51. The van der Waals surface area contributed by atoms with Gasteiger partial charge in [-0.25, -0.2) is 31.6 Å². The number of hydrogen-bond donors (Lipinski definition) is 1. The van der Waals surface area contributed by atoms with Crippen LogP contribution >= 0.6 is 0 Å². The molecule has 1 fully saturated rings. The molecule has 0 saturated carbocycles.